The molecule has 1 rings (SSSR count). The molecule has 1 aromatic carbocycles. The highest BCUT2D eigenvalue weighted by molar-refractivity contribution is 5.67. The van der Waals surface area contributed by atoms with E-state index in [4.69, 9.17) is 18.9 Å². The van der Waals surface area contributed by atoms with Crippen molar-refractivity contribution >= 4 is 11.8 Å². The molecule has 0 aromatic heterocycles. The second-order valence-corrected chi connectivity index (χ2v) is 6.73. The van der Waals surface area contributed by atoms with Crippen molar-refractivity contribution in [1.82, 2.24) is 4.90 Å². The molecule has 0 saturated heterocycles. The van der Waals surface area contributed by atoms with Gasteiger partial charge < -0.3 is 23.8 Å². The summed E-state index contributed by atoms with van der Waals surface area (Å²) in [6.45, 7) is 7.78. The van der Waals surface area contributed by atoms with Gasteiger partial charge in [-0.25, -0.2) is 4.79 Å². The van der Waals surface area contributed by atoms with Crippen LogP contribution in [0.2, 0.25) is 0 Å². The highest BCUT2D eigenvalue weighted by Gasteiger charge is 2.19. The first-order valence-electron chi connectivity index (χ1n) is 8.66. The standard InChI is InChI=1S/C18H28N2O7/c1-18(2,3)27-17(21)19(4)9-10-24-11-12-25-13-14-26-16-7-5-15(6-8-16)20(22)23/h5-8H,9-14H2,1-4H3. The van der Waals surface area contributed by atoms with Crippen LogP contribution in [-0.4, -0.2) is 68.1 Å². The molecular weight excluding hydrogens is 356 g/mol. The number of likely N-dealkylation sites (N-methyl/N-ethyl adjacent to an activating group) is 1. The lowest BCUT2D eigenvalue weighted by atomic mass is 10.2. The van der Waals surface area contributed by atoms with E-state index in [1.165, 1.54) is 17.0 Å². The van der Waals surface area contributed by atoms with Gasteiger partial charge in [0.2, 0.25) is 0 Å². The summed E-state index contributed by atoms with van der Waals surface area (Å²) in [4.78, 5) is 23.3. The quantitative estimate of drug-likeness (QED) is 0.328. The molecule has 0 aliphatic heterocycles. The topological polar surface area (TPSA) is 100 Å². The Morgan fingerprint density at radius 3 is 2.15 bits per heavy atom. The molecule has 0 unspecified atom stereocenters. The summed E-state index contributed by atoms with van der Waals surface area (Å²) in [7, 11) is 1.66. The average Bonchev–Trinajstić information content (AvgIpc) is 2.59. The molecule has 0 spiro atoms. The fraction of sp³-hybridized carbons (Fsp3) is 0.611. The van der Waals surface area contributed by atoms with Gasteiger partial charge in [0.1, 0.15) is 18.0 Å². The number of nitro groups is 1. The summed E-state index contributed by atoms with van der Waals surface area (Å²) in [5.41, 5.74) is -0.496. The molecule has 1 amide bonds. The largest absolute Gasteiger partial charge is 0.491 e. The number of nitro benzene ring substituents is 1. The molecule has 0 heterocycles. The summed E-state index contributed by atoms with van der Waals surface area (Å²) >= 11 is 0. The number of hydrogen-bond acceptors (Lipinski definition) is 7. The number of non-ortho nitro benzene ring substituents is 1. The second-order valence-electron chi connectivity index (χ2n) is 6.73. The van der Waals surface area contributed by atoms with Gasteiger partial charge in [-0.3, -0.25) is 10.1 Å². The van der Waals surface area contributed by atoms with E-state index >= 15 is 0 Å². The van der Waals surface area contributed by atoms with Gasteiger partial charge in [0, 0.05) is 25.7 Å². The van der Waals surface area contributed by atoms with Gasteiger partial charge in [-0.15, -0.1) is 0 Å². The van der Waals surface area contributed by atoms with Crippen molar-refractivity contribution < 1.29 is 28.7 Å². The lowest BCUT2D eigenvalue weighted by Crippen LogP contribution is -2.36. The van der Waals surface area contributed by atoms with Crippen LogP contribution in [0.1, 0.15) is 20.8 Å². The monoisotopic (exact) mass is 384 g/mol. The zero-order valence-electron chi connectivity index (χ0n) is 16.3. The molecule has 0 radical (unpaired) electrons. The Balaban J connectivity index is 2.01. The Morgan fingerprint density at radius 1 is 1.04 bits per heavy atom. The van der Waals surface area contributed by atoms with Gasteiger partial charge >= 0.3 is 6.09 Å². The number of rotatable bonds is 11. The number of ether oxygens (including phenoxy) is 4. The Hall–Kier alpha value is -2.39. The first-order chi connectivity index (χ1) is 12.7. The summed E-state index contributed by atoms with van der Waals surface area (Å²) in [6.07, 6.45) is -0.384. The van der Waals surface area contributed by atoms with Crippen LogP contribution in [0.4, 0.5) is 10.5 Å². The lowest BCUT2D eigenvalue weighted by Gasteiger charge is -2.24. The second kappa shape index (κ2) is 11.3. The van der Waals surface area contributed by atoms with Crippen molar-refractivity contribution in [2.75, 3.05) is 46.6 Å². The SMILES string of the molecule is CN(CCOCCOCCOc1ccc([N+](=O)[O-])cc1)C(=O)OC(C)(C)C. The van der Waals surface area contributed by atoms with E-state index in [1.807, 2.05) is 20.8 Å². The third-order valence-electron chi connectivity index (χ3n) is 3.19. The van der Waals surface area contributed by atoms with Crippen molar-refractivity contribution in [2.45, 2.75) is 26.4 Å². The summed E-state index contributed by atoms with van der Waals surface area (Å²) in [5, 5.41) is 10.6. The minimum absolute atomic E-state index is 0.0214. The maximum atomic E-state index is 11.7. The number of amides is 1. The number of benzene rings is 1. The minimum Gasteiger partial charge on any atom is -0.491 e. The van der Waals surface area contributed by atoms with Crippen LogP contribution in [-0.2, 0) is 14.2 Å². The number of hydrogen-bond donors (Lipinski definition) is 0. The Morgan fingerprint density at radius 2 is 1.59 bits per heavy atom. The van der Waals surface area contributed by atoms with Gasteiger partial charge in [0.15, 0.2) is 0 Å². The summed E-state index contributed by atoms with van der Waals surface area (Å²) < 4.78 is 21.4. The van der Waals surface area contributed by atoms with E-state index < -0.39 is 10.5 Å². The number of carbonyl (C=O) groups excluding carboxylic acids is 1. The van der Waals surface area contributed by atoms with Crippen molar-refractivity contribution in [3.8, 4) is 5.75 Å². The summed E-state index contributed by atoms with van der Waals surface area (Å²) in [5.74, 6) is 0.547. The molecule has 152 valence electrons. The zero-order chi connectivity index (χ0) is 20.3. The Bertz CT molecular complexity index is 584. The molecule has 9 heteroatoms. The smallest absolute Gasteiger partial charge is 0.410 e. The summed E-state index contributed by atoms with van der Waals surface area (Å²) in [6, 6.07) is 5.86. The predicted molar refractivity (Wildman–Crippen MR) is 99.1 cm³/mol. The predicted octanol–water partition coefficient (Wildman–Crippen LogP) is 2.87. The third-order valence-corrected chi connectivity index (χ3v) is 3.19. The van der Waals surface area contributed by atoms with Crippen LogP contribution in [0.3, 0.4) is 0 Å². The maximum Gasteiger partial charge on any atom is 0.410 e. The van der Waals surface area contributed by atoms with Crippen LogP contribution in [0, 0.1) is 10.1 Å². The number of nitrogens with zero attached hydrogens (tertiary/aromatic N) is 2. The molecule has 0 aliphatic rings. The Kier molecular flexibility index (Phi) is 9.52. The van der Waals surface area contributed by atoms with Crippen LogP contribution in [0.25, 0.3) is 0 Å². The molecule has 1 aromatic rings. The molecule has 0 atom stereocenters. The van der Waals surface area contributed by atoms with Gasteiger partial charge in [-0.1, -0.05) is 0 Å². The first kappa shape index (κ1) is 22.7. The van der Waals surface area contributed by atoms with Crippen molar-refractivity contribution in [3.05, 3.63) is 34.4 Å². The molecule has 0 fully saturated rings. The zero-order valence-corrected chi connectivity index (χ0v) is 16.3. The highest BCUT2D eigenvalue weighted by Crippen LogP contribution is 2.17. The van der Waals surface area contributed by atoms with Crippen molar-refractivity contribution in [1.29, 1.82) is 0 Å². The fourth-order valence-electron chi connectivity index (χ4n) is 1.84. The molecule has 0 bridgehead atoms. The van der Waals surface area contributed by atoms with Crippen LogP contribution in [0.15, 0.2) is 24.3 Å². The van der Waals surface area contributed by atoms with E-state index in [1.54, 1.807) is 19.2 Å². The van der Waals surface area contributed by atoms with Crippen molar-refractivity contribution in [3.63, 3.8) is 0 Å². The van der Waals surface area contributed by atoms with Gasteiger partial charge in [0.25, 0.3) is 5.69 Å². The van der Waals surface area contributed by atoms with E-state index in [0.717, 1.165) is 0 Å². The van der Waals surface area contributed by atoms with E-state index in [-0.39, 0.29) is 11.8 Å². The minimum atomic E-state index is -0.517. The van der Waals surface area contributed by atoms with Gasteiger partial charge in [-0.05, 0) is 32.9 Å². The Labute approximate surface area is 159 Å². The van der Waals surface area contributed by atoms with Gasteiger partial charge in [0.05, 0.1) is 31.4 Å². The number of carbonyl (C=O) groups is 1. The lowest BCUT2D eigenvalue weighted by molar-refractivity contribution is -0.384. The van der Waals surface area contributed by atoms with E-state index in [9.17, 15) is 14.9 Å². The van der Waals surface area contributed by atoms with Crippen LogP contribution < -0.4 is 4.74 Å². The van der Waals surface area contributed by atoms with Crippen LogP contribution >= 0.6 is 0 Å². The van der Waals surface area contributed by atoms with Crippen LogP contribution in [0.5, 0.6) is 5.75 Å². The third kappa shape index (κ3) is 10.4. The average molecular weight is 384 g/mol. The molecule has 0 saturated carbocycles. The normalized spacial score (nSPS) is 11.1. The van der Waals surface area contributed by atoms with E-state index in [2.05, 4.69) is 0 Å². The highest BCUT2D eigenvalue weighted by atomic mass is 16.6. The fourth-order valence-corrected chi connectivity index (χ4v) is 1.84. The van der Waals surface area contributed by atoms with E-state index in [0.29, 0.717) is 45.3 Å². The first-order valence-corrected chi connectivity index (χ1v) is 8.66. The molecule has 0 N–H and O–H groups in total. The van der Waals surface area contributed by atoms with Crippen molar-refractivity contribution in [2.24, 2.45) is 0 Å². The molecular formula is C18H28N2O7. The maximum absolute atomic E-state index is 11.7. The van der Waals surface area contributed by atoms with Gasteiger partial charge in [-0.2, -0.15) is 0 Å². The molecule has 0 aliphatic carbocycles. The molecule has 9 nitrogen and oxygen atoms in total. The molecule has 27 heavy (non-hydrogen) atoms.